The van der Waals surface area contributed by atoms with Gasteiger partial charge < -0.3 is 9.64 Å². The third kappa shape index (κ3) is 4.90. The largest absolute Gasteiger partial charge is 0.452 e. The van der Waals surface area contributed by atoms with Crippen molar-refractivity contribution in [2.75, 3.05) is 19.7 Å². The van der Waals surface area contributed by atoms with Crippen molar-refractivity contribution < 1.29 is 14.3 Å². The fourth-order valence-electron chi connectivity index (χ4n) is 2.62. The summed E-state index contributed by atoms with van der Waals surface area (Å²) in [7, 11) is 0. The van der Waals surface area contributed by atoms with E-state index in [-0.39, 0.29) is 12.5 Å². The molecule has 0 saturated carbocycles. The predicted molar refractivity (Wildman–Crippen MR) is 99.9 cm³/mol. The van der Waals surface area contributed by atoms with E-state index >= 15 is 0 Å². The summed E-state index contributed by atoms with van der Waals surface area (Å²) in [5.74, 6) is -0.669. The van der Waals surface area contributed by atoms with Crippen molar-refractivity contribution in [1.29, 1.82) is 0 Å². The van der Waals surface area contributed by atoms with Crippen LogP contribution < -0.4 is 0 Å². The molecule has 1 amide bonds. The van der Waals surface area contributed by atoms with Crippen molar-refractivity contribution >= 4 is 34.9 Å². The zero-order valence-electron chi connectivity index (χ0n) is 13.8. The highest BCUT2D eigenvalue weighted by atomic mass is 32.1. The summed E-state index contributed by atoms with van der Waals surface area (Å²) in [6, 6.07) is 12.1. The summed E-state index contributed by atoms with van der Waals surface area (Å²) >= 11 is 1.56. The molecule has 25 heavy (non-hydrogen) atoms. The van der Waals surface area contributed by atoms with E-state index in [1.165, 1.54) is 17.2 Å². The number of hydrogen-bond acceptors (Lipinski definition) is 4. The average molecular weight is 353 g/mol. The van der Waals surface area contributed by atoms with Gasteiger partial charge in [0, 0.05) is 19.2 Å². The Kier molecular flexibility index (Phi) is 5.80. The van der Waals surface area contributed by atoms with Crippen LogP contribution in [0.25, 0.3) is 11.6 Å². The van der Waals surface area contributed by atoms with Crippen LogP contribution in [0, 0.1) is 0 Å². The summed E-state index contributed by atoms with van der Waals surface area (Å²) in [4.78, 5) is 25.6. The lowest BCUT2D eigenvalue weighted by Crippen LogP contribution is -2.37. The maximum atomic E-state index is 12.2. The Morgan fingerprint density at radius 1 is 1.20 bits per heavy atom. The number of amides is 1. The van der Waals surface area contributed by atoms with E-state index in [9.17, 15) is 9.59 Å². The number of rotatable bonds is 5. The van der Waals surface area contributed by atoms with Crippen molar-refractivity contribution in [2.24, 2.45) is 0 Å². The molecule has 0 N–H and O–H groups in total. The standard InChI is InChI=1S/C20H19NO3S/c22-19(14-24-20(23)7-6-16-10-13-25-15-16)21-11-8-18(9-12-21)17-4-2-1-3-5-17/h1-8,10,13,15H,9,11-12,14H2/b7-6+. The Morgan fingerprint density at radius 2 is 2.04 bits per heavy atom. The van der Waals surface area contributed by atoms with Gasteiger partial charge in [0.2, 0.25) is 0 Å². The highest BCUT2D eigenvalue weighted by Crippen LogP contribution is 2.21. The molecule has 1 aliphatic heterocycles. The molecule has 0 unspecified atom stereocenters. The Bertz CT molecular complexity index is 779. The topological polar surface area (TPSA) is 46.6 Å². The van der Waals surface area contributed by atoms with E-state index in [1.807, 2.05) is 35.0 Å². The van der Waals surface area contributed by atoms with Gasteiger partial charge in [-0.15, -0.1) is 0 Å². The van der Waals surface area contributed by atoms with E-state index in [2.05, 4.69) is 18.2 Å². The predicted octanol–water partition coefficient (Wildman–Crippen LogP) is 3.62. The summed E-state index contributed by atoms with van der Waals surface area (Å²) in [6.45, 7) is 0.967. The second-order valence-corrected chi connectivity index (χ2v) is 6.46. The monoisotopic (exact) mass is 353 g/mol. The van der Waals surface area contributed by atoms with Crippen LogP contribution in [0.5, 0.6) is 0 Å². The molecule has 2 aromatic rings. The van der Waals surface area contributed by atoms with Crippen molar-refractivity contribution in [1.82, 2.24) is 4.90 Å². The van der Waals surface area contributed by atoms with Crippen molar-refractivity contribution in [2.45, 2.75) is 6.42 Å². The van der Waals surface area contributed by atoms with E-state index in [0.717, 1.165) is 12.0 Å². The van der Waals surface area contributed by atoms with Crippen LogP contribution in [0.1, 0.15) is 17.5 Å². The highest BCUT2D eigenvalue weighted by Gasteiger charge is 2.18. The van der Waals surface area contributed by atoms with Crippen molar-refractivity contribution in [3.05, 3.63) is 70.4 Å². The molecule has 1 aliphatic rings. The molecule has 1 aromatic heterocycles. The quantitative estimate of drug-likeness (QED) is 0.609. The molecule has 0 radical (unpaired) electrons. The molecule has 0 fully saturated rings. The lowest BCUT2D eigenvalue weighted by atomic mass is 10.00. The Balaban J connectivity index is 1.46. The van der Waals surface area contributed by atoms with E-state index in [1.54, 1.807) is 22.3 Å². The molecule has 3 rings (SSSR count). The van der Waals surface area contributed by atoms with Crippen LogP contribution in [0.4, 0.5) is 0 Å². The second kappa shape index (κ2) is 8.44. The minimum atomic E-state index is -0.503. The van der Waals surface area contributed by atoms with Crippen LogP contribution in [0.2, 0.25) is 0 Å². The zero-order chi connectivity index (χ0) is 17.5. The van der Waals surface area contributed by atoms with Crippen molar-refractivity contribution in [3.63, 3.8) is 0 Å². The lowest BCUT2D eigenvalue weighted by Gasteiger charge is -2.26. The maximum absolute atomic E-state index is 12.2. The second-order valence-electron chi connectivity index (χ2n) is 5.68. The van der Waals surface area contributed by atoms with Crippen LogP contribution >= 0.6 is 11.3 Å². The first-order valence-electron chi connectivity index (χ1n) is 8.11. The van der Waals surface area contributed by atoms with E-state index in [0.29, 0.717) is 13.1 Å². The van der Waals surface area contributed by atoms with Crippen LogP contribution in [-0.4, -0.2) is 36.5 Å². The minimum absolute atomic E-state index is 0.166. The maximum Gasteiger partial charge on any atom is 0.331 e. The molecule has 0 spiro atoms. The number of carbonyl (C=O) groups excluding carboxylic acids is 2. The van der Waals surface area contributed by atoms with Gasteiger partial charge in [-0.25, -0.2) is 4.79 Å². The summed E-state index contributed by atoms with van der Waals surface area (Å²) in [5, 5.41) is 3.86. The third-order valence-corrected chi connectivity index (χ3v) is 4.70. The molecule has 0 bridgehead atoms. The number of nitrogens with zero attached hydrogens (tertiary/aromatic N) is 1. The molecule has 1 aromatic carbocycles. The zero-order valence-corrected chi connectivity index (χ0v) is 14.6. The van der Waals surface area contributed by atoms with Crippen LogP contribution in [0.15, 0.2) is 59.3 Å². The summed E-state index contributed by atoms with van der Waals surface area (Å²) < 4.78 is 5.03. The number of ether oxygens (including phenoxy) is 1. The van der Waals surface area contributed by atoms with Gasteiger partial charge in [-0.1, -0.05) is 36.4 Å². The van der Waals surface area contributed by atoms with Gasteiger partial charge in [0.15, 0.2) is 6.61 Å². The molecule has 5 heteroatoms. The summed E-state index contributed by atoms with van der Waals surface area (Å²) in [5.41, 5.74) is 3.39. The van der Waals surface area contributed by atoms with Gasteiger partial charge in [-0.05, 0) is 46.0 Å². The Morgan fingerprint density at radius 3 is 2.72 bits per heavy atom. The molecule has 0 atom stereocenters. The third-order valence-electron chi connectivity index (χ3n) is 4.00. The SMILES string of the molecule is O=C(/C=C/c1ccsc1)OCC(=O)N1CC=C(c2ccccc2)CC1. The highest BCUT2D eigenvalue weighted by molar-refractivity contribution is 7.08. The smallest absolute Gasteiger partial charge is 0.331 e. The van der Waals surface area contributed by atoms with Crippen molar-refractivity contribution in [3.8, 4) is 0 Å². The molecular weight excluding hydrogens is 334 g/mol. The van der Waals surface area contributed by atoms with Gasteiger partial charge in [0.05, 0.1) is 0 Å². The van der Waals surface area contributed by atoms with Gasteiger partial charge >= 0.3 is 5.97 Å². The molecule has 2 heterocycles. The average Bonchev–Trinajstić information content (AvgIpc) is 3.19. The Hall–Kier alpha value is -2.66. The molecular formula is C20H19NO3S. The van der Waals surface area contributed by atoms with Gasteiger partial charge in [0.1, 0.15) is 0 Å². The first kappa shape index (κ1) is 17.2. The minimum Gasteiger partial charge on any atom is -0.452 e. The number of carbonyl (C=O) groups is 2. The molecule has 0 aliphatic carbocycles. The first-order chi connectivity index (χ1) is 12.2. The van der Waals surface area contributed by atoms with Crippen LogP contribution in [-0.2, 0) is 14.3 Å². The summed E-state index contributed by atoms with van der Waals surface area (Å²) in [6.07, 6.45) is 5.90. The molecule has 128 valence electrons. The number of esters is 1. The number of thiophene rings is 1. The van der Waals surface area contributed by atoms with Gasteiger partial charge in [0.25, 0.3) is 5.91 Å². The van der Waals surface area contributed by atoms with E-state index in [4.69, 9.17) is 4.74 Å². The van der Waals surface area contributed by atoms with Crippen LogP contribution in [0.3, 0.4) is 0 Å². The fraction of sp³-hybridized carbons (Fsp3) is 0.200. The molecule has 0 saturated heterocycles. The lowest BCUT2D eigenvalue weighted by molar-refractivity contribution is -0.147. The fourth-order valence-corrected chi connectivity index (χ4v) is 3.24. The number of benzene rings is 1. The Labute approximate surface area is 151 Å². The molecule has 4 nitrogen and oxygen atoms in total. The number of hydrogen-bond donors (Lipinski definition) is 0. The van der Waals surface area contributed by atoms with Gasteiger partial charge in [-0.2, -0.15) is 11.3 Å². The van der Waals surface area contributed by atoms with E-state index < -0.39 is 5.97 Å². The first-order valence-corrected chi connectivity index (χ1v) is 9.06. The van der Waals surface area contributed by atoms with Gasteiger partial charge in [-0.3, -0.25) is 4.79 Å². The normalized spacial score (nSPS) is 14.4.